The van der Waals surface area contributed by atoms with Crippen molar-refractivity contribution < 1.29 is 9.21 Å². The number of halogens is 1. The fourth-order valence-corrected chi connectivity index (χ4v) is 1.74. The molecule has 16 heavy (non-hydrogen) atoms. The van der Waals surface area contributed by atoms with Crippen LogP contribution in [0.25, 0.3) is 17.0 Å². The van der Waals surface area contributed by atoms with Crippen LogP contribution >= 0.6 is 15.9 Å². The Hall–Kier alpha value is -1.68. The molecule has 0 unspecified atom stereocenters. The molecule has 0 amide bonds. The molecule has 0 fully saturated rings. The lowest BCUT2D eigenvalue weighted by molar-refractivity contribution is -0.104. The molecule has 1 aromatic heterocycles. The van der Waals surface area contributed by atoms with Crippen LogP contribution in [0, 0.1) is 0 Å². The van der Waals surface area contributed by atoms with Gasteiger partial charge in [-0.1, -0.05) is 15.9 Å². The highest BCUT2D eigenvalue weighted by molar-refractivity contribution is 9.10. The third kappa shape index (κ3) is 1.97. The largest absolute Gasteiger partial charge is 0.463 e. The number of carbonyl (C=O) groups excluding carboxylic acids is 1. The molecular weight excluding hydrogens is 272 g/mol. The summed E-state index contributed by atoms with van der Waals surface area (Å²) in [5.41, 5.74) is 0.731. The summed E-state index contributed by atoms with van der Waals surface area (Å²) in [7, 11) is 0. The molecule has 0 spiro atoms. The second-order valence-electron chi connectivity index (χ2n) is 3.16. The van der Waals surface area contributed by atoms with Gasteiger partial charge in [0, 0.05) is 4.47 Å². The minimum absolute atomic E-state index is 0.152. The van der Waals surface area contributed by atoms with Crippen LogP contribution in [0.1, 0.15) is 5.56 Å². The van der Waals surface area contributed by atoms with Gasteiger partial charge in [-0.2, -0.15) is 0 Å². The van der Waals surface area contributed by atoms with Gasteiger partial charge >= 0.3 is 0 Å². The molecular formula is C12H7BrO3. The van der Waals surface area contributed by atoms with Gasteiger partial charge in [-0.05, 0) is 30.4 Å². The Morgan fingerprint density at radius 3 is 2.88 bits per heavy atom. The Balaban J connectivity index is 2.73. The van der Waals surface area contributed by atoms with E-state index in [1.54, 1.807) is 18.2 Å². The Kier molecular flexibility index (Phi) is 3.01. The Morgan fingerprint density at radius 2 is 2.12 bits per heavy atom. The van der Waals surface area contributed by atoms with Gasteiger partial charge in [-0.25, -0.2) is 0 Å². The smallest absolute Gasteiger partial charge is 0.199 e. The molecule has 3 nitrogen and oxygen atoms in total. The van der Waals surface area contributed by atoms with Crippen LogP contribution < -0.4 is 5.43 Å². The van der Waals surface area contributed by atoms with Gasteiger partial charge in [0.15, 0.2) is 5.43 Å². The fourth-order valence-electron chi connectivity index (χ4n) is 1.38. The van der Waals surface area contributed by atoms with Crippen LogP contribution in [0.15, 0.2) is 44.2 Å². The van der Waals surface area contributed by atoms with Crippen molar-refractivity contribution in [3.63, 3.8) is 0 Å². The molecule has 1 aromatic carbocycles. The minimum Gasteiger partial charge on any atom is -0.463 e. The van der Waals surface area contributed by atoms with Gasteiger partial charge in [0.05, 0.1) is 10.9 Å². The van der Waals surface area contributed by atoms with E-state index in [-0.39, 0.29) is 5.43 Å². The molecule has 0 radical (unpaired) electrons. The lowest BCUT2D eigenvalue weighted by Crippen LogP contribution is -2.04. The Morgan fingerprint density at radius 1 is 1.31 bits per heavy atom. The van der Waals surface area contributed by atoms with Gasteiger partial charge in [0.2, 0.25) is 0 Å². The van der Waals surface area contributed by atoms with E-state index in [2.05, 4.69) is 15.9 Å². The molecule has 0 aliphatic heterocycles. The summed E-state index contributed by atoms with van der Waals surface area (Å²) < 4.78 is 6.10. The molecule has 2 rings (SSSR count). The lowest BCUT2D eigenvalue weighted by atomic mass is 10.1. The van der Waals surface area contributed by atoms with Gasteiger partial charge in [0.1, 0.15) is 18.1 Å². The summed E-state index contributed by atoms with van der Waals surface area (Å²) in [5, 5.41) is 0.488. The Bertz CT molecular complexity index is 626. The molecule has 0 saturated carbocycles. The molecule has 4 heteroatoms. The monoisotopic (exact) mass is 278 g/mol. The molecule has 2 aromatic rings. The number of aldehydes is 1. The fraction of sp³-hybridized carbons (Fsp3) is 0. The van der Waals surface area contributed by atoms with Crippen LogP contribution in [0.5, 0.6) is 0 Å². The minimum atomic E-state index is -0.152. The number of hydrogen-bond donors (Lipinski definition) is 0. The van der Waals surface area contributed by atoms with E-state index < -0.39 is 0 Å². The number of rotatable bonds is 2. The van der Waals surface area contributed by atoms with Crippen molar-refractivity contribution in [1.82, 2.24) is 0 Å². The first kappa shape index (κ1) is 10.8. The topological polar surface area (TPSA) is 47.3 Å². The maximum Gasteiger partial charge on any atom is 0.199 e. The zero-order valence-corrected chi connectivity index (χ0v) is 9.73. The van der Waals surface area contributed by atoms with E-state index in [9.17, 15) is 9.59 Å². The van der Waals surface area contributed by atoms with Crippen LogP contribution in [0.4, 0.5) is 0 Å². The number of benzene rings is 1. The molecule has 0 aliphatic carbocycles. The van der Waals surface area contributed by atoms with Gasteiger partial charge in [0.25, 0.3) is 0 Å². The molecule has 0 N–H and O–H groups in total. The zero-order valence-electron chi connectivity index (χ0n) is 8.14. The molecule has 0 aliphatic rings. The van der Waals surface area contributed by atoms with Gasteiger partial charge in [-0.15, -0.1) is 0 Å². The lowest BCUT2D eigenvalue weighted by Gasteiger charge is -1.98. The highest BCUT2D eigenvalue weighted by atomic mass is 79.9. The summed E-state index contributed by atoms with van der Waals surface area (Å²) in [5.74, 6) is 0. The highest BCUT2D eigenvalue weighted by Crippen LogP contribution is 2.17. The average molecular weight is 279 g/mol. The molecule has 0 saturated heterocycles. The number of fused-ring (bicyclic) bond motifs is 1. The van der Waals surface area contributed by atoms with Crippen molar-refractivity contribution in [3.05, 3.63) is 50.8 Å². The third-order valence-electron chi connectivity index (χ3n) is 2.12. The average Bonchev–Trinajstić information content (AvgIpc) is 2.29. The van der Waals surface area contributed by atoms with Crippen LogP contribution in [0.3, 0.4) is 0 Å². The Labute approximate surface area is 99.5 Å². The SMILES string of the molecule is O=C/C=C/c1coc2ccc(Br)cc2c1=O. The van der Waals surface area contributed by atoms with E-state index in [4.69, 9.17) is 4.42 Å². The van der Waals surface area contributed by atoms with Crippen molar-refractivity contribution in [2.75, 3.05) is 0 Å². The molecule has 0 bridgehead atoms. The van der Waals surface area contributed by atoms with E-state index in [0.29, 0.717) is 22.8 Å². The normalized spacial score (nSPS) is 11.1. The van der Waals surface area contributed by atoms with Crippen LogP contribution in [0.2, 0.25) is 0 Å². The van der Waals surface area contributed by atoms with Crippen LogP contribution in [-0.2, 0) is 4.79 Å². The highest BCUT2D eigenvalue weighted by Gasteiger charge is 2.04. The zero-order chi connectivity index (χ0) is 11.5. The van der Waals surface area contributed by atoms with E-state index >= 15 is 0 Å². The molecule has 80 valence electrons. The van der Waals surface area contributed by atoms with E-state index in [1.165, 1.54) is 18.4 Å². The summed E-state index contributed by atoms with van der Waals surface area (Å²) in [4.78, 5) is 22.1. The summed E-state index contributed by atoms with van der Waals surface area (Å²) >= 11 is 3.29. The summed E-state index contributed by atoms with van der Waals surface area (Å²) in [6, 6.07) is 5.21. The predicted octanol–water partition coefficient (Wildman–Crippen LogP) is 2.77. The van der Waals surface area contributed by atoms with Crippen molar-refractivity contribution in [2.45, 2.75) is 0 Å². The van der Waals surface area contributed by atoms with Crippen molar-refractivity contribution >= 4 is 39.3 Å². The summed E-state index contributed by atoms with van der Waals surface area (Å²) in [6.45, 7) is 0. The quantitative estimate of drug-likeness (QED) is 0.627. The number of carbonyl (C=O) groups is 1. The van der Waals surface area contributed by atoms with E-state index in [1.807, 2.05) is 0 Å². The number of allylic oxidation sites excluding steroid dienone is 1. The first-order valence-corrected chi connectivity index (χ1v) is 5.34. The number of hydrogen-bond acceptors (Lipinski definition) is 3. The maximum absolute atomic E-state index is 11.9. The van der Waals surface area contributed by atoms with Gasteiger partial charge < -0.3 is 4.42 Å². The second-order valence-corrected chi connectivity index (χ2v) is 4.07. The van der Waals surface area contributed by atoms with E-state index in [0.717, 1.165) is 4.47 Å². The standard InChI is InChI=1S/C12H7BrO3/c13-9-3-4-11-10(6-9)12(15)8(7-16-11)2-1-5-14/h1-7H/b2-1+. The first-order chi connectivity index (χ1) is 7.72. The molecule has 1 heterocycles. The van der Waals surface area contributed by atoms with Crippen LogP contribution in [-0.4, -0.2) is 6.29 Å². The maximum atomic E-state index is 11.9. The van der Waals surface area contributed by atoms with Crippen molar-refractivity contribution in [1.29, 1.82) is 0 Å². The second kappa shape index (κ2) is 4.45. The predicted molar refractivity (Wildman–Crippen MR) is 65.3 cm³/mol. The third-order valence-corrected chi connectivity index (χ3v) is 2.61. The molecule has 0 atom stereocenters. The van der Waals surface area contributed by atoms with Gasteiger partial charge in [-0.3, -0.25) is 9.59 Å². The first-order valence-electron chi connectivity index (χ1n) is 4.55. The summed E-state index contributed by atoms with van der Waals surface area (Å²) in [6.07, 6.45) is 4.65. The van der Waals surface area contributed by atoms with Crippen molar-refractivity contribution in [2.24, 2.45) is 0 Å². The van der Waals surface area contributed by atoms with Crippen molar-refractivity contribution in [3.8, 4) is 0 Å².